The molecule has 24 heavy (non-hydrogen) atoms. The van der Waals surface area contributed by atoms with Gasteiger partial charge >= 0.3 is 0 Å². The van der Waals surface area contributed by atoms with E-state index in [-0.39, 0.29) is 0 Å². The second-order valence-corrected chi connectivity index (χ2v) is 7.72. The monoisotopic (exact) mass is 336 g/mol. The van der Waals surface area contributed by atoms with Crippen molar-refractivity contribution in [1.29, 1.82) is 0 Å². The van der Waals surface area contributed by atoms with Crippen LogP contribution in [0.5, 0.6) is 0 Å². The molecule has 2 aliphatic carbocycles. The Bertz CT molecular complexity index is 570. The SMILES string of the molecule is CCCC1CCC2C[C@H](C=Cc3cc(F)c(F)c(F)c3)CC[C@@H]2C1. The van der Waals surface area contributed by atoms with Gasteiger partial charge in [0.2, 0.25) is 0 Å². The summed E-state index contributed by atoms with van der Waals surface area (Å²) in [6.07, 6.45) is 14.2. The van der Waals surface area contributed by atoms with Gasteiger partial charge in [0.1, 0.15) is 0 Å². The van der Waals surface area contributed by atoms with E-state index in [0.717, 1.165) is 36.3 Å². The molecule has 0 saturated heterocycles. The van der Waals surface area contributed by atoms with E-state index in [2.05, 4.69) is 13.0 Å². The van der Waals surface area contributed by atoms with Crippen LogP contribution in [0.3, 0.4) is 0 Å². The first-order chi connectivity index (χ1) is 11.6. The van der Waals surface area contributed by atoms with Crippen LogP contribution in [0.1, 0.15) is 63.9 Å². The standard InChI is InChI=1S/C21H27F3/c1-2-3-14-6-8-18-11-15(7-9-17(18)10-14)4-5-16-12-19(22)21(24)20(23)13-16/h4-5,12-15,17-18H,2-3,6-11H2,1H3/t14?,15-,17-,18?/m1/s1. The van der Waals surface area contributed by atoms with Crippen LogP contribution in [0.15, 0.2) is 18.2 Å². The summed E-state index contributed by atoms with van der Waals surface area (Å²) in [6, 6.07) is 2.13. The van der Waals surface area contributed by atoms with Crippen LogP contribution in [-0.2, 0) is 0 Å². The highest BCUT2D eigenvalue weighted by atomic mass is 19.2. The largest absolute Gasteiger partial charge is 0.204 e. The number of allylic oxidation sites excluding steroid dienone is 1. The van der Waals surface area contributed by atoms with E-state index in [4.69, 9.17) is 0 Å². The molecular formula is C21H27F3. The van der Waals surface area contributed by atoms with E-state index < -0.39 is 17.5 Å². The summed E-state index contributed by atoms with van der Waals surface area (Å²) < 4.78 is 39.6. The van der Waals surface area contributed by atoms with Gasteiger partial charge in [-0.1, -0.05) is 38.3 Å². The maximum Gasteiger partial charge on any atom is 0.194 e. The highest BCUT2D eigenvalue weighted by Crippen LogP contribution is 2.46. The second-order valence-electron chi connectivity index (χ2n) is 7.72. The molecule has 0 aromatic heterocycles. The van der Waals surface area contributed by atoms with Gasteiger partial charge in [0.05, 0.1) is 0 Å². The maximum absolute atomic E-state index is 13.3. The van der Waals surface area contributed by atoms with Crippen molar-refractivity contribution in [2.75, 3.05) is 0 Å². The lowest BCUT2D eigenvalue weighted by Gasteiger charge is -2.41. The Hall–Kier alpha value is -1.25. The van der Waals surface area contributed by atoms with Crippen molar-refractivity contribution in [1.82, 2.24) is 0 Å². The Labute approximate surface area is 143 Å². The topological polar surface area (TPSA) is 0 Å². The average Bonchev–Trinajstić information content (AvgIpc) is 2.58. The molecule has 2 unspecified atom stereocenters. The van der Waals surface area contributed by atoms with Crippen LogP contribution in [0, 0.1) is 41.1 Å². The third-order valence-corrected chi connectivity index (χ3v) is 6.03. The molecule has 0 heterocycles. The molecule has 2 saturated carbocycles. The minimum atomic E-state index is -1.39. The van der Waals surface area contributed by atoms with Gasteiger partial charge in [-0.2, -0.15) is 0 Å². The summed E-state index contributed by atoms with van der Waals surface area (Å²) in [4.78, 5) is 0. The van der Waals surface area contributed by atoms with E-state index in [0.29, 0.717) is 11.5 Å². The van der Waals surface area contributed by atoms with Crippen molar-refractivity contribution in [3.05, 3.63) is 41.2 Å². The molecule has 3 rings (SSSR count). The van der Waals surface area contributed by atoms with Crippen molar-refractivity contribution in [2.24, 2.45) is 23.7 Å². The number of hydrogen-bond acceptors (Lipinski definition) is 0. The van der Waals surface area contributed by atoms with Crippen molar-refractivity contribution in [3.8, 4) is 0 Å². The molecule has 2 fully saturated rings. The van der Waals surface area contributed by atoms with E-state index in [1.54, 1.807) is 6.08 Å². The van der Waals surface area contributed by atoms with Gasteiger partial charge in [-0.25, -0.2) is 13.2 Å². The Morgan fingerprint density at radius 1 is 0.958 bits per heavy atom. The zero-order valence-corrected chi connectivity index (χ0v) is 14.4. The fourth-order valence-corrected chi connectivity index (χ4v) is 4.79. The lowest BCUT2D eigenvalue weighted by molar-refractivity contribution is 0.107. The molecule has 0 nitrogen and oxygen atoms in total. The lowest BCUT2D eigenvalue weighted by Crippen LogP contribution is -2.30. The Morgan fingerprint density at radius 3 is 2.33 bits per heavy atom. The van der Waals surface area contributed by atoms with E-state index in [9.17, 15) is 13.2 Å². The molecule has 3 heteroatoms. The summed E-state index contributed by atoms with van der Waals surface area (Å²) in [6.45, 7) is 2.27. The quantitative estimate of drug-likeness (QED) is 0.533. The zero-order valence-electron chi connectivity index (χ0n) is 14.4. The maximum atomic E-state index is 13.3. The first-order valence-electron chi connectivity index (χ1n) is 9.39. The lowest BCUT2D eigenvalue weighted by atomic mass is 9.64. The fraction of sp³-hybridized carbons (Fsp3) is 0.619. The van der Waals surface area contributed by atoms with Crippen LogP contribution in [0.4, 0.5) is 13.2 Å². The molecule has 4 atom stereocenters. The van der Waals surface area contributed by atoms with Crippen molar-refractivity contribution < 1.29 is 13.2 Å². The van der Waals surface area contributed by atoms with Gasteiger partial charge in [-0.15, -0.1) is 0 Å². The predicted octanol–water partition coefficient (Wildman–Crippen LogP) is 6.75. The van der Waals surface area contributed by atoms with Crippen LogP contribution in [0.2, 0.25) is 0 Å². The normalized spacial score (nSPS) is 30.5. The number of benzene rings is 1. The summed E-state index contributed by atoms with van der Waals surface area (Å²) in [5.41, 5.74) is 0.403. The third kappa shape index (κ3) is 4.04. The highest BCUT2D eigenvalue weighted by molar-refractivity contribution is 5.49. The fourth-order valence-electron chi connectivity index (χ4n) is 4.79. The van der Waals surface area contributed by atoms with Gasteiger partial charge in [0.25, 0.3) is 0 Å². The number of halogens is 3. The second kappa shape index (κ2) is 7.76. The van der Waals surface area contributed by atoms with Gasteiger partial charge in [0, 0.05) is 0 Å². The highest BCUT2D eigenvalue weighted by Gasteiger charge is 2.34. The summed E-state index contributed by atoms with van der Waals surface area (Å²) in [5, 5.41) is 0. The number of fused-ring (bicyclic) bond motifs is 1. The van der Waals surface area contributed by atoms with Crippen molar-refractivity contribution in [2.45, 2.75) is 58.3 Å². The van der Waals surface area contributed by atoms with Gasteiger partial charge in [0.15, 0.2) is 17.5 Å². The Balaban J connectivity index is 1.58. The zero-order chi connectivity index (χ0) is 17.1. The molecule has 0 aliphatic heterocycles. The Kier molecular flexibility index (Phi) is 5.68. The molecule has 1 aromatic carbocycles. The van der Waals surface area contributed by atoms with Crippen molar-refractivity contribution in [3.63, 3.8) is 0 Å². The third-order valence-electron chi connectivity index (χ3n) is 6.03. The van der Waals surface area contributed by atoms with E-state index in [1.807, 2.05) is 0 Å². The average molecular weight is 336 g/mol. The molecule has 0 amide bonds. The minimum Gasteiger partial charge on any atom is -0.204 e. The van der Waals surface area contributed by atoms with Crippen LogP contribution in [0.25, 0.3) is 6.08 Å². The first kappa shape index (κ1) is 17.6. The molecule has 0 bridgehead atoms. The van der Waals surface area contributed by atoms with Gasteiger partial charge in [-0.3, -0.25) is 0 Å². The minimum absolute atomic E-state index is 0.403. The molecular weight excluding hydrogens is 309 g/mol. The van der Waals surface area contributed by atoms with E-state index in [1.165, 1.54) is 44.9 Å². The van der Waals surface area contributed by atoms with Gasteiger partial charge < -0.3 is 0 Å². The molecule has 132 valence electrons. The predicted molar refractivity (Wildman–Crippen MR) is 91.9 cm³/mol. The first-order valence-corrected chi connectivity index (χ1v) is 9.39. The summed E-state index contributed by atoms with van der Waals surface area (Å²) in [5.74, 6) is -0.542. The Morgan fingerprint density at radius 2 is 1.62 bits per heavy atom. The molecule has 2 aliphatic rings. The number of rotatable bonds is 4. The van der Waals surface area contributed by atoms with Crippen LogP contribution >= 0.6 is 0 Å². The summed E-state index contributed by atoms with van der Waals surface area (Å²) >= 11 is 0. The molecule has 0 N–H and O–H groups in total. The van der Waals surface area contributed by atoms with Crippen LogP contribution in [-0.4, -0.2) is 0 Å². The van der Waals surface area contributed by atoms with Crippen molar-refractivity contribution >= 4 is 6.08 Å². The molecule has 0 radical (unpaired) electrons. The molecule has 0 spiro atoms. The molecule has 1 aromatic rings. The summed E-state index contributed by atoms with van der Waals surface area (Å²) in [7, 11) is 0. The number of hydrogen-bond donors (Lipinski definition) is 0. The van der Waals surface area contributed by atoms with E-state index >= 15 is 0 Å². The van der Waals surface area contributed by atoms with Crippen LogP contribution < -0.4 is 0 Å². The van der Waals surface area contributed by atoms with Gasteiger partial charge in [-0.05, 0) is 73.5 Å². The smallest absolute Gasteiger partial charge is 0.194 e.